The van der Waals surface area contributed by atoms with Crippen LogP contribution in [0.15, 0.2) is 12.4 Å². The third-order valence-corrected chi connectivity index (χ3v) is 3.14. The number of hydrogen-bond acceptors (Lipinski definition) is 4. The van der Waals surface area contributed by atoms with Gasteiger partial charge in [-0.2, -0.15) is 5.10 Å². The van der Waals surface area contributed by atoms with Crippen molar-refractivity contribution < 1.29 is 4.79 Å². The molecule has 0 aliphatic heterocycles. The molecule has 0 saturated carbocycles. The third-order valence-electron chi connectivity index (χ3n) is 2.07. The van der Waals surface area contributed by atoms with Crippen LogP contribution < -0.4 is 5.32 Å². The van der Waals surface area contributed by atoms with Gasteiger partial charge in [-0.3, -0.25) is 9.48 Å². The van der Waals surface area contributed by atoms with Crippen LogP contribution in [0.4, 0.5) is 5.69 Å². The van der Waals surface area contributed by atoms with Crippen LogP contribution in [-0.4, -0.2) is 20.7 Å². The summed E-state index contributed by atoms with van der Waals surface area (Å²) in [6.07, 6.45) is 3.36. The first-order chi connectivity index (χ1) is 7.56. The molecule has 1 N–H and O–H groups in total. The predicted molar refractivity (Wildman–Crippen MR) is 62.7 cm³/mol. The summed E-state index contributed by atoms with van der Waals surface area (Å²) in [5.74, 6) is -0.129. The van der Waals surface area contributed by atoms with Crippen molar-refractivity contribution in [2.24, 2.45) is 7.05 Å². The van der Waals surface area contributed by atoms with E-state index in [-0.39, 0.29) is 5.91 Å². The molecule has 0 unspecified atom stereocenters. The van der Waals surface area contributed by atoms with E-state index in [2.05, 4.69) is 15.4 Å². The second-order valence-electron chi connectivity index (χ2n) is 3.50. The zero-order valence-corrected chi connectivity index (χ0v) is 10.1. The van der Waals surface area contributed by atoms with Gasteiger partial charge in [-0.1, -0.05) is 0 Å². The molecule has 0 aromatic carbocycles. The van der Waals surface area contributed by atoms with Gasteiger partial charge in [-0.25, -0.2) is 4.98 Å². The molecule has 0 aliphatic rings. The van der Waals surface area contributed by atoms with Crippen molar-refractivity contribution in [2.45, 2.75) is 13.8 Å². The number of nitrogens with zero attached hydrogens (tertiary/aromatic N) is 3. The van der Waals surface area contributed by atoms with Crippen molar-refractivity contribution in [3.63, 3.8) is 0 Å². The fourth-order valence-corrected chi connectivity index (χ4v) is 2.23. The van der Waals surface area contributed by atoms with E-state index in [0.29, 0.717) is 10.6 Å². The van der Waals surface area contributed by atoms with Gasteiger partial charge >= 0.3 is 0 Å². The molecular weight excluding hydrogens is 224 g/mol. The number of thiazole rings is 1. The van der Waals surface area contributed by atoms with E-state index >= 15 is 0 Å². The number of rotatable bonds is 2. The Morgan fingerprint density at radius 2 is 2.25 bits per heavy atom. The molecule has 2 heterocycles. The zero-order valence-electron chi connectivity index (χ0n) is 9.31. The number of amides is 1. The second kappa shape index (κ2) is 4.05. The molecule has 2 aromatic rings. The number of carbonyl (C=O) groups is 1. The summed E-state index contributed by atoms with van der Waals surface area (Å²) < 4.78 is 1.64. The zero-order chi connectivity index (χ0) is 11.7. The number of aryl methyl sites for hydroxylation is 3. The summed E-state index contributed by atoms with van der Waals surface area (Å²) in [5, 5.41) is 7.66. The molecule has 0 atom stereocenters. The van der Waals surface area contributed by atoms with E-state index in [9.17, 15) is 4.79 Å². The summed E-state index contributed by atoms with van der Waals surface area (Å²) in [6, 6.07) is 0. The lowest BCUT2D eigenvalue weighted by Crippen LogP contribution is -2.10. The largest absolute Gasteiger partial charge is 0.319 e. The van der Waals surface area contributed by atoms with Gasteiger partial charge in [0.2, 0.25) is 0 Å². The number of hydrogen-bond donors (Lipinski definition) is 1. The summed E-state index contributed by atoms with van der Waals surface area (Å²) in [7, 11) is 1.80. The Labute approximate surface area is 97.1 Å². The van der Waals surface area contributed by atoms with Gasteiger partial charge in [0, 0.05) is 13.2 Å². The molecule has 6 heteroatoms. The standard InChI is InChI=1S/C10H12N4OS/c1-6-9(16-7(2)12-6)10(15)13-8-4-11-14(3)5-8/h4-5H,1-3H3,(H,13,15). The molecule has 1 amide bonds. The fraction of sp³-hybridized carbons (Fsp3) is 0.300. The molecule has 0 aliphatic carbocycles. The van der Waals surface area contributed by atoms with Gasteiger partial charge in [0.05, 0.1) is 22.6 Å². The van der Waals surface area contributed by atoms with Crippen molar-refractivity contribution in [2.75, 3.05) is 5.32 Å². The van der Waals surface area contributed by atoms with Crippen molar-refractivity contribution in [1.29, 1.82) is 0 Å². The molecule has 5 nitrogen and oxygen atoms in total. The Kier molecular flexibility index (Phi) is 2.74. The van der Waals surface area contributed by atoms with Crippen LogP contribution in [0.2, 0.25) is 0 Å². The average Bonchev–Trinajstić information content (AvgIpc) is 2.73. The lowest BCUT2D eigenvalue weighted by atomic mass is 10.3. The smallest absolute Gasteiger partial charge is 0.267 e. The number of anilines is 1. The molecule has 0 bridgehead atoms. The van der Waals surface area contributed by atoms with Gasteiger partial charge in [0.25, 0.3) is 5.91 Å². The quantitative estimate of drug-likeness (QED) is 0.864. The van der Waals surface area contributed by atoms with Crippen molar-refractivity contribution in [3.05, 3.63) is 28.0 Å². The maximum atomic E-state index is 11.9. The van der Waals surface area contributed by atoms with Crippen LogP contribution in [-0.2, 0) is 7.05 Å². The highest BCUT2D eigenvalue weighted by molar-refractivity contribution is 7.13. The minimum Gasteiger partial charge on any atom is -0.319 e. The second-order valence-corrected chi connectivity index (χ2v) is 4.71. The van der Waals surface area contributed by atoms with E-state index in [0.717, 1.165) is 10.7 Å². The van der Waals surface area contributed by atoms with Crippen LogP contribution in [0.1, 0.15) is 20.4 Å². The summed E-state index contributed by atoms with van der Waals surface area (Å²) in [5.41, 5.74) is 1.46. The van der Waals surface area contributed by atoms with Crippen molar-refractivity contribution >= 4 is 22.9 Å². The van der Waals surface area contributed by atoms with Crippen molar-refractivity contribution in [1.82, 2.24) is 14.8 Å². The molecule has 0 saturated heterocycles. The van der Waals surface area contributed by atoms with Crippen LogP contribution in [0, 0.1) is 13.8 Å². The summed E-state index contributed by atoms with van der Waals surface area (Å²) in [4.78, 5) is 16.7. The first kappa shape index (κ1) is 10.8. The lowest BCUT2D eigenvalue weighted by Gasteiger charge is -1.99. The minimum absolute atomic E-state index is 0.129. The molecule has 16 heavy (non-hydrogen) atoms. The third kappa shape index (κ3) is 2.11. The highest BCUT2D eigenvalue weighted by Gasteiger charge is 2.14. The van der Waals surface area contributed by atoms with Crippen LogP contribution in [0.3, 0.4) is 0 Å². The Balaban J connectivity index is 2.17. The van der Waals surface area contributed by atoms with Crippen LogP contribution >= 0.6 is 11.3 Å². The van der Waals surface area contributed by atoms with E-state index in [1.807, 2.05) is 13.8 Å². The number of aromatic nitrogens is 3. The first-order valence-electron chi connectivity index (χ1n) is 4.80. The Morgan fingerprint density at radius 1 is 1.50 bits per heavy atom. The van der Waals surface area contributed by atoms with Crippen molar-refractivity contribution in [3.8, 4) is 0 Å². The monoisotopic (exact) mass is 236 g/mol. The maximum absolute atomic E-state index is 11.9. The highest BCUT2D eigenvalue weighted by atomic mass is 32.1. The SMILES string of the molecule is Cc1nc(C)c(C(=O)Nc2cnn(C)c2)s1. The van der Waals surface area contributed by atoms with E-state index in [1.54, 1.807) is 24.1 Å². The van der Waals surface area contributed by atoms with E-state index in [4.69, 9.17) is 0 Å². The molecule has 2 rings (SSSR count). The van der Waals surface area contributed by atoms with E-state index in [1.165, 1.54) is 11.3 Å². The minimum atomic E-state index is -0.129. The van der Waals surface area contributed by atoms with Gasteiger partial charge < -0.3 is 5.32 Å². The Morgan fingerprint density at radius 3 is 2.75 bits per heavy atom. The Bertz CT molecular complexity index is 529. The van der Waals surface area contributed by atoms with Gasteiger partial charge in [0.15, 0.2) is 0 Å². The summed E-state index contributed by atoms with van der Waals surface area (Å²) >= 11 is 1.40. The summed E-state index contributed by atoms with van der Waals surface area (Å²) in [6.45, 7) is 3.72. The predicted octanol–water partition coefficient (Wildman–Crippen LogP) is 1.75. The first-order valence-corrected chi connectivity index (χ1v) is 5.62. The molecule has 2 aromatic heterocycles. The molecule has 0 radical (unpaired) electrons. The van der Waals surface area contributed by atoms with Crippen LogP contribution in [0.5, 0.6) is 0 Å². The normalized spacial score (nSPS) is 10.4. The average molecular weight is 236 g/mol. The lowest BCUT2D eigenvalue weighted by molar-refractivity contribution is 0.103. The van der Waals surface area contributed by atoms with Gasteiger partial charge in [0.1, 0.15) is 4.88 Å². The maximum Gasteiger partial charge on any atom is 0.267 e. The van der Waals surface area contributed by atoms with E-state index < -0.39 is 0 Å². The number of nitrogens with one attached hydrogen (secondary N) is 1. The van der Waals surface area contributed by atoms with Gasteiger partial charge in [-0.05, 0) is 13.8 Å². The molecule has 84 valence electrons. The van der Waals surface area contributed by atoms with Crippen LogP contribution in [0.25, 0.3) is 0 Å². The molecular formula is C10H12N4OS. The topological polar surface area (TPSA) is 59.8 Å². The molecule has 0 fully saturated rings. The highest BCUT2D eigenvalue weighted by Crippen LogP contribution is 2.18. The number of carbonyl (C=O) groups excluding carboxylic acids is 1. The molecule has 0 spiro atoms. The van der Waals surface area contributed by atoms with Gasteiger partial charge in [-0.15, -0.1) is 11.3 Å². The fourth-order valence-electron chi connectivity index (χ4n) is 1.42. The Hall–Kier alpha value is -1.69.